The van der Waals surface area contributed by atoms with E-state index in [2.05, 4.69) is 0 Å². The van der Waals surface area contributed by atoms with Crippen LogP contribution in [-0.2, 0) is 11.5 Å². The number of nitrogens with zero attached hydrogens (tertiary/aromatic N) is 1. The lowest BCUT2D eigenvalue weighted by atomic mass is 10.2. The fourth-order valence-corrected chi connectivity index (χ4v) is 0.625. The van der Waals surface area contributed by atoms with Crippen molar-refractivity contribution in [1.29, 1.82) is 0 Å². The molecule has 0 heterocycles. The van der Waals surface area contributed by atoms with Crippen molar-refractivity contribution in [3.8, 4) is 0 Å². The van der Waals surface area contributed by atoms with Gasteiger partial charge in [-0.15, -0.1) is 4.36 Å². The van der Waals surface area contributed by atoms with E-state index in [0.717, 1.165) is 0 Å². The van der Waals surface area contributed by atoms with Crippen LogP contribution in [0.2, 0.25) is 0 Å². The SMILES string of the molecule is O=S=NC(F)(C(F)(F)F)C(F)(F)F. The molecule has 0 radical (unpaired) electrons. The fourth-order valence-electron chi connectivity index (χ4n) is 0.316. The van der Waals surface area contributed by atoms with Crippen molar-refractivity contribution in [2.45, 2.75) is 18.1 Å². The maximum Gasteiger partial charge on any atom is 0.454 e. The highest BCUT2D eigenvalue weighted by Crippen LogP contribution is 2.46. The molecule has 0 aromatic heterocycles. The van der Waals surface area contributed by atoms with Crippen molar-refractivity contribution in [3.63, 3.8) is 0 Å². The number of rotatable bonds is 1. The molecule has 0 rings (SSSR count). The van der Waals surface area contributed by atoms with Crippen molar-refractivity contribution in [2.24, 2.45) is 4.36 Å². The zero-order valence-electron chi connectivity index (χ0n) is 5.41. The van der Waals surface area contributed by atoms with Crippen LogP contribution in [0.4, 0.5) is 30.7 Å². The van der Waals surface area contributed by atoms with Crippen LogP contribution in [0.1, 0.15) is 0 Å². The topological polar surface area (TPSA) is 29.4 Å². The summed E-state index contributed by atoms with van der Waals surface area (Å²) in [5.41, 5.74) is 0. The van der Waals surface area contributed by atoms with E-state index in [1.807, 2.05) is 0 Å². The molecule has 0 aliphatic carbocycles. The zero-order chi connectivity index (χ0) is 10.9. The van der Waals surface area contributed by atoms with E-state index in [4.69, 9.17) is 0 Å². The Morgan fingerprint density at radius 3 is 1.23 bits per heavy atom. The second-order valence-electron chi connectivity index (χ2n) is 1.78. The predicted molar refractivity (Wildman–Crippen MR) is 26.5 cm³/mol. The van der Waals surface area contributed by atoms with E-state index in [-0.39, 0.29) is 0 Å². The molecule has 0 saturated heterocycles. The average molecular weight is 231 g/mol. The molecule has 0 bridgehead atoms. The van der Waals surface area contributed by atoms with Gasteiger partial charge in [-0.1, -0.05) is 0 Å². The average Bonchev–Trinajstić information content (AvgIpc) is 1.82. The van der Waals surface area contributed by atoms with Crippen molar-refractivity contribution in [2.75, 3.05) is 0 Å². The van der Waals surface area contributed by atoms with Gasteiger partial charge in [-0.05, 0) is 0 Å². The summed E-state index contributed by atoms with van der Waals surface area (Å²) >= 11 is -1.48. The minimum atomic E-state index is -6.29. The molecule has 0 N–H and O–H groups in total. The molecule has 0 aromatic carbocycles. The zero-order valence-corrected chi connectivity index (χ0v) is 6.23. The van der Waals surface area contributed by atoms with Crippen LogP contribution < -0.4 is 0 Å². The number of alkyl halides is 7. The second kappa shape index (κ2) is 3.24. The van der Waals surface area contributed by atoms with Crippen LogP contribution in [0, 0.1) is 0 Å². The molecule has 78 valence electrons. The summed E-state index contributed by atoms with van der Waals surface area (Å²) in [7, 11) is 0. The molecule has 13 heavy (non-hydrogen) atoms. The Morgan fingerprint density at radius 1 is 0.846 bits per heavy atom. The first-order valence-corrected chi connectivity index (χ1v) is 3.09. The highest BCUT2D eigenvalue weighted by Gasteiger charge is 2.74. The number of halogens is 7. The third kappa shape index (κ3) is 2.17. The Hall–Kier alpha value is -0.670. The Balaban J connectivity index is 5.33. The number of hydrogen-bond donors (Lipinski definition) is 0. The standard InChI is InChI=1S/C3F7NOS/c4-1(11-13-12,2(5,6)7)3(8,9)10. The van der Waals surface area contributed by atoms with Gasteiger partial charge in [0.15, 0.2) is 0 Å². The van der Waals surface area contributed by atoms with Crippen molar-refractivity contribution >= 4 is 11.5 Å². The lowest BCUT2D eigenvalue weighted by Crippen LogP contribution is -2.51. The molecule has 0 unspecified atom stereocenters. The first-order chi connectivity index (χ1) is 5.56. The third-order valence-electron chi connectivity index (χ3n) is 0.914. The molecule has 0 aromatic rings. The summed E-state index contributed by atoms with van der Waals surface area (Å²) in [5.74, 6) is -5.80. The Bertz CT molecular complexity index is 223. The van der Waals surface area contributed by atoms with Gasteiger partial charge in [-0.3, -0.25) is 0 Å². The van der Waals surface area contributed by atoms with Crippen molar-refractivity contribution in [3.05, 3.63) is 0 Å². The Kier molecular flexibility index (Phi) is 3.07. The van der Waals surface area contributed by atoms with E-state index in [1.165, 1.54) is 4.36 Å². The third-order valence-corrected chi connectivity index (χ3v) is 1.24. The van der Waals surface area contributed by atoms with E-state index in [9.17, 15) is 34.9 Å². The van der Waals surface area contributed by atoms with E-state index >= 15 is 0 Å². The van der Waals surface area contributed by atoms with Gasteiger partial charge in [0.05, 0.1) is 0 Å². The highest BCUT2D eigenvalue weighted by atomic mass is 32.1. The summed E-state index contributed by atoms with van der Waals surface area (Å²) in [6, 6.07) is 0. The van der Waals surface area contributed by atoms with Crippen LogP contribution in [-0.4, -0.2) is 22.4 Å². The van der Waals surface area contributed by atoms with Gasteiger partial charge < -0.3 is 0 Å². The molecule has 0 saturated carbocycles. The largest absolute Gasteiger partial charge is 0.454 e. The molecule has 0 fully saturated rings. The van der Waals surface area contributed by atoms with Crippen LogP contribution in [0.25, 0.3) is 0 Å². The first kappa shape index (κ1) is 12.3. The Labute approximate surface area is 70.0 Å². The van der Waals surface area contributed by atoms with Gasteiger partial charge in [0.25, 0.3) is 0 Å². The first-order valence-electron chi connectivity index (χ1n) is 2.40. The molecule has 0 amide bonds. The van der Waals surface area contributed by atoms with E-state index in [0.29, 0.717) is 0 Å². The Morgan fingerprint density at radius 2 is 1.15 bits per heavy atom. The van der Waals surface area contributed by atoms with Gasteiger partial charge in [0, 0.05) is 0 Å². The van der Waals surface area contributed by atoms with Gasteiger partial charge in [-0.2, -0.15) is 34.9 Å². The van der Waals surface area contributed by atoms with Crippen LogP contribution >= 0.6 is 0 Å². The monoisotopic (exact) mass is 231 g/mol. The molecule has 0 aliphatic heterocycles. The maximum absolute atomic E-state index is 12.2. The summed E-state index contributed by atoms with van der Waals surface area (Å²) in [5, 5.41) is 0. The number of hydrogen-bond acceptors (Lipinski definition) is 2. The van der Waals surface area contributed by atoms with E-state index in [1.54, 1.807) is 0 Å². The second-order valence-corrected chi connectivity index (χ2v) is 2.12. The smallest absolute Gasteiger partial charge is 0.196 e. The van der Waals surface area contributed by atoms with Gasteiger partial charge >= 0.3 is 18.1 Å². The van der Waals surface area contributed by atoms with Crippen LogP contribution in [0.15, 0.2) is 4.36 Å². The minimum absolute atomic E-state index is 1.24. The molecule has 0 spiro atoms. The lowest BCUT2D eigenvalue weighted by molar-refractivity contribution is -0.337. The fraction of sp³-hybridized carbons (Fsp3) is 1.00. The normalized spacial score (nSPS) is 14.1. The molecule has 2 nitrogen and oxygen atoms in total. The van der Waals surface area contributed by atoms with Gasteiger partial charge in [-0.25, -0.2) is 0 Å². The molecular weight excluding hydrogens is 231 g/mol. The maximum atomic E-state index is 12.2. The lowest BCUT2D eigenvalue weighted by Gasteiger charge is -2.23. The quantitative estimate of drug-likeness (QED) is 0.502. The molecule has 0 atom stereocenters. The van der Waals surface area contributed by atoms with Crippen LogP contribution in [0.3, 0.4) is 0 Å². The highest BCUT2D eigenvalue weighted by molar-refractivity contribution is 7.54. The van der Waals surface area contributed by atoms with E-state index < -0.39 is 29.6 Å². The van der Waals surface area contributed by atoms with Gasteiger partial charge in [0.1, 0.15) is 0 Å². The molecule has 10 heteroatoms. The van der Waals surface area contributed by atoms with Crippen LogP contribution in [0.5, 0.6) is 0 Å². The van der Waals surface area contributed by atoms with Crippen molar-refractivity contribution < 1.29 is 34.9 Å². The predicted octanol–water partition coefficient (Wildman–Crippen LogP) is 2.17. The van der Waals surface area contributed by atoms with Gasteiger partial charge in [0.2, 0.25) is 11.5 Å². The van der Waals surface area contributed by atoms with Crippen molar-refractivity contribution in [1.82, 2.24) is 0 Å². The minimum Gasteiger partial charge on any atom is -0.196 e. The molecule has 0 aliphatic rings. The molecular formula is C3F7NOS. The summed E-state index contributed by atoms with van der Waals surface area (Å²) < 4.78 is 91.4. The summed E-state index contributed by atoms with van der Waals surface area (Å²) in [4.78, 5) is 0. The summed E-state index contributed by atoms with van der Waals surface area (Å²) in [6.07, 6.45) is -12.6. The summed E-state index contributed by atoms with van der Waals surface area (Å²) in [6.45, 7) is 0.